The van der Waals surface area contributed by atoms with Gasteiger partial charge in [-0.15, -0.1) is 0 Å². The van der Waals surface area contributed by atoms with Gasteiger partial charge in [0.25, 0.3) is 5.91 Å². The zero-order valence-corrected chi connectivity index (χ0v) is 21.0. The van der Waals surface area contributed by atoms with Crippen molar-refractivity contribution >= 4 is 23.1 Å². The van der Waals surface area contributed by atoms with Gasteiger partial charge in [-0.2, -0.15) is 18.3 Å². The van der Waals surface area contributed by atoms with Crippen molar-refractivity contribution in [3.05, 3.63) is 59.8 Å². The summed E-state index contributed by atoms with van der Waals surface area (Å²) in [7, 11) is 0. The fourth-order valence-electron chi connectivity index (χ4n) is 4.03. The molecule has 3 aromatic heterocycles. The molecular weight excluding hydrogens is 501 g/mol. The van der Waals surface area contributed by atoms with Crippen LogP contribution in [0.2, 0.25) is 0 Å². The molecular formula is C25H29F3N8O2. The van der Waals surface area contributed by atoms with Crippen molar-refractivity contribution in [1.82, 2.24) is 29.5 Å². The largest absolute Gasteiger partial charge is 0.435 e. The number of ether oxygens (including phenoxy) is 1. The van der Waals surface area contributed by atoms with Gasteiger partial charge >= 0.3 is 6.18 Å². The minimum atomic E-state index is -4.61. The summed E-state index contributed by atoms with van der Waals surface area (Å²) in [6.07, 6.45) is 1.75. The molecule has 1 aromatic carbocycles. The van der Waals surface area contributed by atoms with Crippen LogP contribution in [-0.4, -0.2) is 56.4 Å². The number of aromatic nitrogens is 5. The van der Waals surface area contributed by atoms with E-state index in [2.05, 4.69) is 25.7 Å². The van der Waals surface area contributed by atoms with E-state index in [0.717, 1.165) is 5.56 Å². The number of fused-ring (bicyclic) bond motifs is 1. The molecule has 0 atom stereocenters. The van der Waals surface area contributed by atoms with Gasteiger partial charge in [-0.05, 0) is 37.1 Å². The lowest BCUT2D eigenvalue weighted by Gasteiger charge is -2.13. The molecule has 13 heteroatoms. The number of imidazole rings is 1. The third-order valence-electron chi connectivity index (χ3n) is 5.85. The molecule has 0 unspecified atom stereocenters. The van der Waals surface area contributed by atoms with E-state index in [9.17, 15) is 18.0 Å². The van der Waals surface area contributed by atoms with Gasteiger partial charge < -0.3 is 21.1 Å². The number of nitrogens with two attached hydrogens (primary N) is 1. The number of alkyl halides is 3. The summed E-state index contributed by atoms with van der Waals surface area (Å²) in [5, 5.41) is 9.71. The highest BCUT2D eigenvalue weighted by molar-refractivity contribution is 5.96. The number of amides is 1. The van der Waals surface area contributed by atoms with E-state index in [4.69, 9.17) is 10.5 Å². The molecule has 4 N–H and O–H groups in total. The van der Waals surface area contributed by atoms with Crippen LogP contribution in [0.5, 0.6) is 0 Å². The molecule has 0 spiro atoms. The number of carbonyl (C=O) groups excluding carboxylic acids is 1. The molecule has 4 aromatic rings. The summed E-state index contributed by atoms with van der Waals surface area (Å²) in [4.78, 5) is 21.3. The molecule has 0 radical (unpaired) electrons. The number of hydrogen-bond donors (Lipinski definition) is 3. The number of anilines is 2. The summed E-state index contributed by atoms with van der Waals surface area (Å²) >= 11 is 0. The fraction of sp³-hybridized carbons (Fsp3) is 0.360. The van der Waals surface area contributed by atoms with Crippen LogP contribution in [0.1, 0.15) is 35.5 Å². The van der Waals surface area contributed by atoms with Gasteiger partial charge in [0.1, 0.15) is 0 Å². The van der Waals surface area contributed by atoms with E-state index >= 15 is 0 Å². The number of nitrogens with zero attached hydrogens (tertiary/aromatic N) is 5. The summed E-state index contributed by atoms with van der Waals surface area (Å²) < 4.78 is 49.1. The van der Waals surface area contributed by atoms with Crippen molar-refractivity contribution in [3.63, 3.8) is 0 Å². The Morgan fingerprint density at radius 2 is 2.00 bits per heavy atom. The Kier molecular flexibility index (Phi) is 8.27. The van der Waals surface area contributed by atoms with Crippen molar-refractivity contribution in [2.45, 2.75) is 33.0 Å². The molecule has 0 saturated heterocycles. The average Bonchev–Trinajstić information content (AvgIpc) is 3.53. The summed E-state index contributed by atoms with van der Waals surface area (Å²) in [5.74, 6) is 0.141. The van der Waals surface area contributed by atoms with E-state index < -0.39 is 11.9 Å². The van der Waals surface area contributed by atoms with Crippen molar-refractivity contribution in [2.24, 2.45) is 5.73 Å². The highest BCUT2D eigenvalue weighted by atomic mass is 19.4. The second-order valence-electron chi connectivity index (χ2n) is 8.37. The molecule has 0 aliphatic rings. The molecule has 10 nitrogen and oxygen atoms in total. The van der Waals surface area contributed by atoms with Crippen LogP contribution in [0.4, 0.5) is 24.7 Å². The standard InChI is InChI=1S/C25H29F3N8O2/c1-3-16-13-17(5-6-18(16)24(37)31-9-12-38-11-7-29)33-22-23-32-14-20(36(23)10-8-30-22)19-15-35(4-2)34-21(19)25(26,27)28/h5-6,8,10,13-15H,3-4,7,9,11-12,29H2,1-2H3,(H,30,33)(H,31,37). The number of aryl methyl sites for hydroxylation is 2. The van der Waals surface area contributed by atoms with Crippen LogP contribution < -0.4 is 16.4 Å². The molecule has 1 amide bonds. The minimum Gasteiger partial charge on any atom is -0.378 e. The topological polar surface area (TPSA) is 124 Å². The van der Waals surface area contributed by atoms with Gasteiger partial charge in [0, 0.05) is 49.5 Å². The Bertz CT molecular complexity index is 1410. The predicted molar refractivity (Wildman–Crippen MR) is 136 cm³/mol. The van der Waals surface area contributed by atoms with Crippen LogP contribution in [0, 0.1) is 0 Å². The Morgan fingerprint density at radius 1 is 1.18 bits per heavy atom. The summed E-state index contributed by atoms with van der Waals surface area (Å²) in [6.45, 7) is 5.54. The Labute approximate surface area is 217 Å². The number of rotatable bonds is 11. The minimum absolute atomic E-state index is 0.0685. The first-order chi connectivity index (χ1) is 18.3. The molecule has 0 saturated carbocycles. The zero-order valence-electron chi connectivity index (χ0n) is 21.0. The number of hydrogen-bond acceptors (Lipinski definition) is 7. The molecule has 3 heterocycles. The summed E-state index contributed by atoms with van der Waals surface area (Å²) in [6, 6.07) is 5.28. The number of carbonyl (C=O) groups is 1. The van der Waals surface area contributed by atoms with Crippen LogP contribution >= 0.6 is 0 Å². The van der Waals surface area contributed by atoms with E-state index in [1.165, 1.54) is 27.7 Å². The van der Waals surface area contributed by atoms with E-state index in [1.54, 1.807) is 25.3 Å². The van der Waals surface area contributed by atoms with Gasteiger partial charge in [0.05, 0.1) is 30.7 Å². The maximum Gasteiger partial charge on any atom is 0.435 e. The monoisotopic (exact) mass is 530 g/mol. The molecule has 0 aliphatic heterocycles. The van der Waals surface area contributed by atoms with Crippen molar-refractivity contribution in [3.8, 4) is 11.3 Å². The third kappa shape index (κ3) is 5.78. The first kappa shape index (κ1) is 27.1. The second-order valence-corrected chi connectivity index (χ2v) is 8.37. The van der Waals surface area contributed by atoms with Crippen molar-refractivity contribution in [2.75, 3.05) is 31.6 Å². The molecule has 4 rings (SSSR count). The van der Waals surface area contributed by atoms with Gasteiger partial charge in [-0.25, -0.2) is 9.97 Å². The highest BCUT2D eigenvalue weighted by Crippen LogP contribution is 2.37. The summed E-state index contributed by atoms with van der Waals surface area (Å²) in [5.41, 5.74) is 6.94. The zero-order chi connectivity index (χ0) is 27.3. The van der Waals surface area contributed by atoms with Crippen LogP contribution in [0.25, 0.3) is 16.9 Å². The molecule has 38 heavy (non-hydrogen) atoms. The van der Waals surface area contributed by atoms with Gasteiger partial charge in [-0.3, -0.25) is 13.9 Å². The molecule has 0 fully saturated rings. The molecule has 0 aliphatic carbocycles. The van der Waals surface area contributed by atoms with Gasteiger partial charge in [-0.1, -0.05) is 6.92 Å². The molecule has 0 bridgehead atoms. The van der Waals surface area contributed by atoms with E-state index in [-0.39, 0.29) is 17.2 Å². The average molecular weight is 531 g/mol. The smallest absolute Gasteiger partial charge is 0.378 e. The lowest BCUT2D eigenvalue weighted by Crippen LogP contribution is -2.28. The Balaban J connectivity index is 1.59. The Hall–Kier alpha value is -3.97. The maximum atomic E-state index is 13.7. The lowest BCUT2D eigenvalue weighted by atomic mass is 10.0. The molecule has 202 valence electrons. The van der Waals surface area contributed by atoms with Gasteiger partial charge in [0.15, 0.2) is 17.2 Å². The number of benzene rings is 1. The third-order valence-corrected chi connectivity index (χ3v) is 5.85. The first-order valence-corrected chi connectivity index (χ1v) is 12.2. The Morgan fingerprint density at radius 3 is 2.71 bits per heavy atom. The second kappa shape index (κ2) is 11.6. The van der Waals surface area contributed by atoms with Gasteiger partial charge in [0.2, 0.25) is 0 Å². The first-order valence-electron chi connectivity index (χ1n) is 12.2. The van der Waals surface area contributed by atoms with Crippen LogP contribution in [-0.2, 0) is 23.9 Å². The van der Waals surface area contributed by atoms with Crippen molar-refractivity contribution < 1.29 is 22.7 Å². The van der Waals surface area contributed by atoms with Crippen molar-refractivity contribution in [1.29, 1.82) is 0 Å². The quantitative estimate of drug-likeness (QED) is 0.253. The number of nitrogens with one attached hydrogen (secondary N) is 2. The van der Waals surface area contributed by atoms with E-state index in [0.29, 0.717) is 62.0 Å². The van der Waals surface area contributed by atoms with E-state index in [1.807, 2.05) is 13.0 Å². The fourth-order valence-corrected chi connectivity index (χ4v) is 4.03. The normalized spacial score (nSPS) is 11.7. The SMILES string of the molecule is CCc1cc(Nc2nccn3c(-c4cn(CC)nc4C(F)(F)F)cnc23)ccc1C(=O)NCCOCCN. The van der Waals surface area contributed by atoms with Crippen LogP contribution in [0.3, 0.4) is 0 Å². The number of halogens is 3. The maximum absolute atomic E-state index is 13.7. The predicted octanol–water partition coefficient (Wildman–Crippen LogP) is 3.64. The highest BCUT2D eigenvalue weighted by Gasteiger charge is 2.38. The lowest BCUT2D eigenvalue weighted by molar-refractivity contribution is -0.141. The van der Waals surface area contributed by atoms with Crippen LogP contribution in [0.15, 0.2) is 43.0 Å².